The smallest absolute Gasteiger partial charge is 0.215 e. The molecule has 1 aliphatic rings. The molecule has 1 aliphatic heterocycles. The van der Waals surface area contributed by atoms with E-state index in [-0.39, 0.29) is 6.04 Å². The maximum absolute atomic E-state index is 4.47. The third-order valence-electron chi connectivity index (χ3n) is 5.31. The predicted octanol–water partition coefficient (Wildman–Crippen LogP) is 2.38. The molecule has 1 saturated heterocycles. The molecular weight excluding hydrogens is 342 g/mol. The predicted molar refractivity (Wildman–Crippen MR) is 103 cm³/mol. The average molecular weight is 369 g/mol. The third kappa shape index (κ3) is 3.86. The lowest BCUT2D eigenvalue weighted by Crippen LogP contribution is -3.14. The van der Waals surface area contributed by atoms with Crippen LogP contribution in [0.1, 0.15) is 42.1 Å². The molecule has 1 aromatic carbocycles. The van der Waals surface area contributed by atoms with Gasteiger partial charge in [0.2, 0.25) is 5.82 Å². The van der Waals surface area contributed by atoms with Crippen molar-refractivity contribution in [2.45, 2.75) is 38.8 Å². The van der Waals surface area contributed by atoms with Crippen molar-refractivity contribution in [2.24, 2.45) is 5.92 Å². The van der Waals surface area contributed by atoms with Gasteiger partial charge in [-0.15, -0.1) is 16.4 Å². The van der Waals surface area contributed by atoms with Crippen LogP contribution in [-0.2, 0) is 13.0 Å². The number of tetrazole rings is 1. The zero-order valence-electron chi connectivity index (χ0n) is 15.2. The molecule has 3 aromatic rings. The number of nitrogens with zero attached hydrogens (tertiary/aromatic N) is 4. The zero-order valence-corrected chi connectivity index (χ0v) is 16.0. The quantitative estimate of drug-likeness (QED) is 0.727. The molecule has 2 aromatic heterocycles. The molecule has 1 N–H and O–H groups in total. The van der Waals surface area contributed by atoms with E-state index in [0.717, 1.165) is 24.7 Å². The highest BCUT2D eigenvalue weighted by atomic mass is 32.1. The van der Waals surface area contributed by atoms with Crippen molar-refractivity contribution in [2.75, 3.05) is 13.1 Å². The van der Waals surface area contributed by atoms with Crippen LogP contribution in [0.2, 0.25) is 0 Å². The molecule has 26 heavy (non-hydrogen) atoms. The van der Waals surface area contributed by atoms with E-state index < -0.39 is 0 Å². The van der Waals surface area contributed by atoms with Crippen molar-refractivity contribution in [3.63, 3.8) is 0 Å². The second-order valence-corrected chi connectivity index (χ2v) is 8.28. The molecule has 0 amide bonds. The van der Waals surface area contributed by atoms with Crippen molar-refractivity contribution < 1.29 is 4.90 Å². The van der Waals surface area contributed by atoms with E-state index in [1.165, 1.54) is 36.4 Å². The largest absolute Gasteiger partial charge is 0.321 e. The van der Waals surface area contributed by atoms with E-state index in [2.05, 4.69) is 70.3 Å². The Morgan fingerprint density at radius 3 is 2.88 bits per heavy atom. The maximum atomic E-state index is 4.47. The average Bonchev–Trinajstić information content (AvgIpc) is 3.34. The number of nitrogens with one attached hydrogen (secondary N) is 1. The van der Waals surface area contributed by atoms with Gasteiger partial charge in [0.1, 0.15) is 0 Å². The number of hydrogen-bond donors (Lipinski definition) is 1. The Labute approximate surface area is 158 Å². The second-order valence-electron chi connectivity index (χ2n) is 7.30. The molecule has 4 rings (SSSR count). The Balaban J connectivity index is 1.59. The summed E-state index contributed by atoms with van der Waals surface area (Å²) in [6.07, 6.45) is 3.56. The Morgan fingerprint density at radius 2 is 2.12 bits per heavy atom. The van der Waals surface area contributed by atoms with E-state index in [0.29, 0.717) is 0 Å². The number of benzene rings is 1. The monoisotopic (exact) mass is 368 g/mol. The Kier molecular flexibility index (Phi) is 5.41. The minimum atomic E-state index is 0.239. The van der Waals surface area contributed by atoms with Crippen molar-refractivity contribution in [1.29, 1.82) is 0 Å². The van der Waals surface area contributed by atoms with Crippen LogP contribution in [0.4, 0.5) is 0 Å². The van der Waals surface area contributed by atoms with Gasteiger partial charge in [0.25, 0.3) is 0 Å². The van der Waals surface area contributed by atoms with E-state index in [1.807, 2.05) is 16.0 Å². The van der Waals surface area contributed by atoms with Crippen molar-refractivity contribution in [3.05, 3.63) is 64.1 Å². The summed E-state index contributed by atoms with van der Waals surface area (Å²) in [5.41, 5.74) is 1.32. The van der Waals surface area contributed by atoms with E-state index in [1.54, 1.807) is 4.90 Å². The molecule has 5 nitrogen and oxygen atoms in total. The van der Waals surface area contributed by atoms with Gasteiger partial charge in [0.05, 0.1) is 18.0 Å². The fourth-order valence-corrected chi connectivity index (χ4v) is 4.89. The number of hydrogen-bond acceptors (Lipinski definition) is 4. The standard InChI is InChI=1S/C20H25N5S/c1-16-7-5-12-24(15-16)19(18-10-6-14-26-18)20-21-22-23-25(20)13-11-17-8-3-2-4-9-17/h2-4,6,8-10,14,16,19H,5,7,11-13,15H2,1H3/p+1/t16-,19-/m0/s1. The summed E-state index contributed by atoms with van der Waals surface area (Å²) in [5, 5.41) is 15.0. The molecule has 0 radical (unpaired) electrons. The molecule has 3 heterocycles. The lowest BCUT2D eigenvalue weighted by molar-refractivity contribution is -0.934. The van der Waals surface area contributed by atoms with Gasteiger partial charge in [-0.1, -0.05) is 43.3 Å². The summed E-state index contributed by atoms with van der Waals surface area (Å²) >= 11 is 1.82. The lowest BCUT2D eigenvalue weighted by atomic mass is 9.98. The first-order valence-corrected chi connectivity index (χ1v) is 10.4. The van der Waals surface area contributed by atoms with Crippen LogP contribution in [0, 0.1) is 5.92 Å². The summed E-state index contributed by atoms with van der Waals surface area (Å²) in [7, 11) is 0. The van der Waals surface area contributed by atoms with Crippen LogP contribution < -0.4 is 4.90 Å². The number of rotatable bonds is 6. The number of likely N-dealkylation sites (tertiary alicyclic amines) is 1. The number of aromatic nitrogens is 4. The van der Waals surface area contributed by atoms with Gasteiger partial charge in [-0.2, -0.15) is 0 Å². The molecule has 0 spiro atoms. The molecular formula is C20H26N5S+. The topological polar surface area (TPSA) is 48.0 Å². The van der Waals surface area contributed by atoms with Crippen LogP contribution in [-0.4, -0.2) is 33.3 Å². The van der Waals surface area contributed by atoms with Gasteiger partial charge in [0.15, 0.2) is 6.04 Å². The van der Waals surface area contributed by atoms with Crippen LogP contribution in [0.3, 0.4) is 0 Å². The third-order valence-corrected chi connectivity index (χ3v) is 6.25. The number of aryl methyl sites for hydroxylation is 2. The second kappa shape index (κ2) is 8.10. The minimum Gasteiger partial charge on any atom is -0.321 e. The summed E-state index contributed by atoms with van der Waals surface area (Å²) in [5.74, 6) is 1.77. The number of piperidine rings is 1. The van der Waals surface area contributed by atoms with Gasteiger partial charge in [-0.05, 0) is 46.7 Å². The fourth-order valence-electron chi connectivity index (χ4n) is 4.02. The Bertz CT molecular complexity index is 799. The highest BCUT2D eigenvalue weighted by Gasteiger charge is 2.34. The Hall–Kier alpha value is -2.05. The highest BCUT2D eigenvalue weighted by Crippen LogP contribution is 2.23. The fraction of sp³-hybridized carbons (Fsp3) is 0.450. The lowest BCUT2D eigenvalue weighted by Gasteiger charge is -2.33. The molecule has 136 valence electrons. The van der Waals surface area contributed by atoms with Gasteiger partial charge < -0.3 is 4.90 Å². The molecule has 0 aliphatic carbocycles. The maximum Gasteiger partial charge on any atom is 0.215 e. The SMILES string of the molecule is C[C@H]1CCC[NH+]([C@@H](c2cccs2)c2nnnn2CCc2ccccc2)C1. The normalized spacial score (nSPS) is 21.6. The summed E-state index contributed by atoms with van der Waals surface area (Å²) in [4.78, 5) is 2.96. The molecule has 0 saturated carbocycles. The zero-order chi connectivity index (χ0) is 17.8. The molecule has 1 fully saturated rings. The van der Waals surface area contributed by atoms with Gasteiger partial charge >= 0.3 is 0 Å². The van der Waals surface area contributed by atoms with Crippen LogP contribution in [0.25, 0.3) is 0 Å². The van der Waals surface area contributed by atoms with Crippen LogP contribution in [0.5, 0.6) is 0 Å². The molecule has 6 heteroatoms. The van der Waals surface area contributed by atoms with Crippen molar-refractivity contribution in [3.8, 4) is 0 Å². The first-order valence-electron chi connectivity index (χ1n) is 9.49. The van der Waals surface area contributed by atoms with Gasteiger partial charge in [0, 0.05) is 12.5 Å². The summed E-state index contributed by atoms with van der Waals surface area (Å²) in [6, 6.07) is 15.2. The van der Waals surface area contributed by atoms with E-state index in [9.17, 15) is 0 Å². The van der Waals surface area contributed by atoms with Crippen molar-refractivity contribution in [1.82, 2.24) is 20.2 Å². The van der Waals surface area contributed by atoms with Crippen molar-refractivity contribution >= 4 is 11.3 Å². The number of thiophene rings is 1. The van der Waals surface area contributed by atoms with Gasteiger partial charge in [-0.3, -0.25) is 0 Å². The minimum absolute atomic E-state index is 0.239. The highest BCUT2D eigenvalue weighted by molar-refractivity contribution is 7.10. The number of quaternary nitrogens is 1. The molecule has 3 atom stereocenters. The first-order chi connectivity index (χ1) is 12.8. The summed E-state index contributed by atoms with van der Waals surface area (Å²) in [6.45, 7) is 5.56. The van der Waals surface area contributed by atoms with E-state index >= 15 is 0 Å². The van der Waals surface area contributed by atoms with Crippen LogP contribution >= 0.6 is 11.3 Å². The van der Waals surface area contributed by atoms with Gasteiger partial charge in [-0.25, -0.2) is 4.68 Å². The first kappa shape index (κ1) is 17.4. The molecule has 0 bridgehead atoms. The molecule has 1 unspecified atom stereocenters. The van der Waals surface area contributed by atoms with E-state index in [4.69, 9.17) is 0 Å². The Morgan fingerprint density at radius 1 is 1.23 bits per heavy atom. The summed E-state index contributed by atoms with van der Waals surface area (Å²) < 4.78 is 2.02. The van der Waals surface area contributed by atoms with Crippen LogP contribution in [0.15, 0.2) is 47.8 Å².